The highest BCUT2D eigenvalue weighted by molar-refractivity contribution is 7.17. The quantitative estimate of drug-likeness (QED) is 0.384. The topological polar surface area (TPSA) is 93.6 Å². The summed E-state index contributed by atoms with van der Waals surface area (Å²) in [4.78, 5) is 19.7. The summed E-state index contributed by atoms with van der Waals surface area (Å²) < 4.78 is 12.1. The Hall–Kier alpha value is -3.65. The summed E-state index contributed by atoms with van der Waals surface area (Å²) in [5.41, 5.74) is 3.30. The van der Waals surface area contributed by atoms with Crippen molar-refractivity contribution < 1.29 is 19.4 Å². The van der Waals surface area contributed by atoms with Gasteiger partial charge in [0.25, 0.3) is 0 Å². The molecule has 0 fully saturated rings. The number of carbonyl (C=O) groups is 1. The van der Waals surface area contributed by atoms with Gasteiger partial charge in [0.2, 0.25) is 0 Å². The van der Waals surface area contributed by atoms with E-state index < -0.39 is 5.97 Å². The summed E-state index contributed by atoms with van der Waals surface area (Å²) in [5, 5.41) is 15.7. The lowest BCUT2D eigenvalue weighted by atomic mass is 10.1. The number of nitrogens with one attached hydrogen (secondary N) is 1. The molecule has 0 radical (unpaired) electrons. The van der Waals surface area contributed by atoms with E-state index in [1.807, 2.05) is 12.1 Å². The Morgan fingerprint density at radius 3 is 2.62 bits per heavy atom. The molecule has 164 valence electrons. The fourth-order valence-electron chi connectivity index (χ4n) is 3.57. The number of fused-ring (bicyclic) bond motifs is 1. The van der Waals surface area contributed by atoms with Crippen LogP contribution in [0.15, 0.2) is 54.2 Å². The Bertz CT molecular complexity index is 1260. The van der Waals surface area contributed by atoms with Crippen molar-refractivity contribution in [2.45, 2.75) is 12.8 Å². The number of hydrogen-bond acceptors (Lipinski definition) is 7. The standard InChI is InChI=1S/C24H23N3O4S/c1-30-20-10-15(3-4-16(20)11-24(28)29)19-12-23(27-14-26-19)25-7-5-17-9-18-6-8-32-22(18)13-21(17)31-2/h3-4,6,8-10,12-14H,5,7,11H2,1-2H3,(H,28,29)(H,25,26,27). The van der Waals surface area contributed by atoms with E-state index in [1.54, 1.807) is 30.6 Å². The van der Waals surface area contributed by atoms with Crippen LogP contribution in [0.1, 0.15) is 11.1 Å². The second-order valence-electron chi connectivity index (χ2n) is 7.18. The second kappa shape index (κ2) is 9.65. The van der Waals surface area contributed by atoms with Gasteiger partial charge in [0.15, 0.2) is 0 Å². The largest absolute Gasteiger partial charge is 0.496 e. The maximum atomic E-state index is 11.0. The van der Waals surface area contributed by atoms with Crippen molar-refractivity contribution in [3.05, 3.63) is 65.3 Å². The van der Waals surface area contributed by atoms with Gasteiger partial charge in [-0.3, -0.25) is 4.79 Å². The van der Waals surface area contributed by atoms with Crippen LogP contribution in [0.3, 0.4) is 0 Å². The van der Waals surface area contributed by atoms with Crippen molar-refractivity contribution in [1.29, 1.82) is 0 Å². The van der Waals surface area contributed by atoms with Crippen LogP contribution >= 0.6 is 11.3 Å². The molecule has 0 aliphatic heterocycles. The smallest absolute Gasteiger partial charge is 0.307 e. The minimum Gasteiger partial charge on any atom is -0.496 e. The Labute approximate surface area is 189 Å². The third-order valence-electron chi connectivity index (χ3n) is 5.15. The van der Waals surface area contributed by atoms with Crippen LogP contribution in [0.25, 0.3) is 21.3 Å². The zero-order chi connectivity index (χ0) is 22.5. The van der Waals surface area contributed by atoms with Crippen molar-refractivity contribution in [3.8, 4) is 22.8 Å². The highest BCUT2D eigenvalue weighted by Gasteiger charge is 2.11. The van der Waals surface area contributed by atoms with Crippen LogP contribution in [0.2, 0.25) is 0 Å². The molecule has 0 aliphatic carbocycles. The van der Waals surface area contributed by atoms with Crippen LogP contribution < -0.4 is 14.8 Å². The number of benzene rings is 2. The number of rotatable bonds is 9. The Morgan fingerprint density at radius 2 is 1.84 bits per heavy atom. The molecular weight excluding hydrogens is 426 g/mol. The average molecular weight is 450 g/mol. The molecule has 4 aromatic rings. The van der Waals surface area contributed by atoms with E-state index >= 15 is 0 Å². The molecule has 2 aromatic carbocycles. The van der Waals surface area contributed by atoms with Gasteiger partial charge in [-0.2, -0.15) is 0 Å². The first-order valence-corrected chi connectivity index (χ1v) is 10.9. The number of hydrogen-bond donors (Lipinski definition) is 2. The van der Waals surface area contributed by atoms with Crippen LogP contribution in [0, 0.1) is 0 Å². The van der Waals surface area contributed by atoms with Crippen molar-refractivity contribution >= 4 is 33.2 Å². The van der Waals surface area contributed by atoms with Crippen LogP contribution in [0.4, 0.5) is 5.82 Å². The number of carboxylic acid groups (broad SMARTS) is 1. The van der Waals surface area contributed by atoms with Gasteiger partial charge < -0.3 is 19.9 Å². The predicted octanol–water partition coefficient (Wildman–Crippen LogP) is 4.66. The Kier molecular flexibility index (Phi) is 6.51. The maximum Gasteiger partial charge on any atom is 0.307 e. The SMILES string of the molecule is COc1cc2sccc2cc1CCNc1cc(-c2ccc(CC(=O)O)c(OC)c2)ncn1. The molecule has 0 atom stereocenters. The van der Waals surface area contributed by atoms with Crippen LogP contribution in [0.5, 0.6) is 11.5 Å². The van der Waals surface area contributed by atoms with Gasteiger partial charge in [-0.25, -0.2) is 9.97 Å². The molecular formula is C24H23N3O4S. The van der Waals surface area contributed by atoms with Crippen LogP contribution in [-0.4, -0.2) is 41.8 Å². The van der Waals surface area contributed by atoms with Crippen LogP contribution in [-0.2, 0) is 17.6 Å². The lowest BCUT2D eigenvalue weighted by molar-refractivity contribution is -0.136. The summed E-state index contributed by atoms with van der Waals surface area (Å²) in [5.74, 6) is 1.21. The summed E-state index contributed by atoms with van der Waals surface area (Å²) in [7, 11) is 3.22. The van der Waals surface area contributed by atoms with E-state index in [2.05, 4.69) is 38.9 Å². The monoisotopic (exact) mass is 449 g/mol. The maximum absolute atomic E-state index is 11.0. The molecule has 7 nitrogen and oxygen atoms in total. The first kappa shape index (κ1) is 21.6. The molecule has 0 saturated carbocycles. The third-order valence-corrected chi connectivity index (χ3v) is 6.03. The minimum atomic E-state index is -0.903. The molecule has 0 bridgehead atoms. The molecule has 2 aromatic heterocycles. The summed E-state index contributed by atoms with van der Waals surface area (Å²) in [6.07, 6.45) is 2.19. The first-order chi connectivity index (χ1) is 15.6. The van der Waals surface area contributed by atoms with Crippen molar-refractivity contribution in [3.63, 3.8) is 0 Å². The van der Waals surface area contributed by atoms with Gasteiger partial charge in [-0.05, 0) is 47.0 Å². The number of thiophene rings is 1. The molecule has 2 N–H and O–H groups in total. The van der Waals surface area contributed by atoms with E-state index in [0.29, 0.717) is 23.7 Å². The number of ether oxygens (including phenoxy) is 2. The predicted molar refractivity (Wildman–Crippen MR) is 126 cm³/mol. The molecule has 8 heteroatoms. The van der Waals surface area contributed by atoms with Gasteiger partial charge >= 0.3 is 5.97 Å². The summed E-state index contributed by atoms with van der Waals surface area (Å²) in [6, 6.07) is 13.6. The molecule has 32 heavy (non-hydrogen) atoms. The second-order valence-corrected chi connectivity index (χ2v) is 8.13. The molecule has 0 unspecified atom stereocenters. The molecule has 2 heterocycles. The third kappa shape index (κ3) is 4.81. The van der Waals surface area contributed by atoms with E-state index in [1.165, 1.54) is 23.5 Å². The minimum absolute atomic E-state index is 0.0966. The molecule has 0 saturated heterocycles. The molecule has 0 amide bonds. The van der Waals surface area contributed by atoms with Crippen molar-refractivity contribution in [2.24, 2.45) is 0 Å². The van der Waals surface area contributed by atoms with E-state index in [4.69, 9.17) is 14.6 Å². The van der Waals surface area contributed by atoms with Gasteiger partial charge in [0.1, 0.15) is 23.6 Å². The van der Waals surface area contributed by atoms with Gasteiger partial charge in [-0.1, -0.05) is 12.1 Å². The number of methoxy groups -OCH3 is 2. The lowest BCUT2D eigenvalue weighted by Gasteiger charge is -2.12. The van der Waals surface area contributed by atoms with E-state index in [9.17, 15) is 4.79 Å². The number of aromatic nitrogens is 2. The van der Waals surface area contributed by atoms with Gasteiger partial charge in [0.05, 0.1) is 26.3 Å². The summed E-state index contributed by atoms with van der Waals surface area (Å²) >= 11 is 1.70. The highest BCUT2D eigenvalue weighted by atomic mass is 32.1. The lowest BCUT2D eigenvalue weighted by Crippen LogP contribution is -2.07. The fraction of sp³-hybridized carbons (Fsp3) is 0.208. The average Bonchev–Trinajstić information content (AvgIpc) is 3.26. The zero-order valence-corrected chi connectivity index (χ0v) is 18.6. The number of nitrogens with zero attached hydrogens (tertiary/aromatic N) is 2. The van der Waals surface area contributed by atoms with E-state index in [-0.39, 0.29) is 6.42 Å². The molecule has 4 rings (SSSR count). The van der Waals surface area contributed by atoms with E-state index in [0.717, 1.165) is 29.0 Å². The Morgan fingerprint density at radius 1 is 1.03 bits per heavy atom. The first-order valence-electron chi connectivity index (χ1n) is 10.1. The normalized spacial score (nSPS) is 10.8. The summed E-state index contributed by atoms with van der Waals surface area (Å²) in [6.45, 7) is 0.684. The van der Waals surface area contributed by atoms with Gasteiger partial charge in [0, 0.05) is 28.4 Å². The number of carboxylic acids is 1. The highest BCUT2D eigenvalue weighted by Crippen LogP contribution is 2.30. The molecule has 0 aliphatic rings. The fourth-order valence-corrected chi connectivity index (χ4v) is 4.37. The molecule has 0 spiro atoms. The van der Waals surface area contributed by atoms with Gasteiger partial charge in [-0.15, -0.1) is 11.3 Å². The Balaban J connectivity index is 1.47. The number of aliphatic carboxylic acids is 1. The van der Waals surface area contributed by atoms with Crippen molar-refractivity contribution in [2.75, 3.05) is 26.1 Å². The number of anilines is 1. The zero-order valence-electron chi connectivity index (χ0n) is 17.8. The van der Waals surface area contributed by atoms with Crippen molar-refractivity contribution in [1.82, 2.24) is 9.97 Å².